The van der Waals surface area contributed by atoms with Crippen molar-refractivity contribution in [2.45, 2.75) is 38.0 Å². The Morgan fingerprint density at radius 3 is 1.73 bits per heavy atom. The van der Waals surface area contributed by atoms with Gasteiger partial charge in [-0.25, -0.2) is 0 Å². The summed E-state index contributed by atoms with van der Waals surface area (Å²) in [5.41, 5.74) is 6.03. The van der Waals surface area contributed by atoms with Crippen molar-refractivity contribution in [3.8, 4) is 22.5 Å². The van der Waals surface area contributed by atoms with Crippen LogP contribution in [0.15, 0.2) is 224 Å². The summed E-state index contributed by atoms with van der Waals surface area (Å²) in [6.45, 7) is 0. The summed E-state index contributed by atoms with van der Waals surface area (Å²) in [7, 11) is -2.79. The topological polar surface area (TPSA) is 9.86 Å². The molecule has 0 spiro atoms. The lowest BCUT2D eigenvalue weighted by Gasteiger charge is -2.34. The van der Waals surface area contributed by atoms with E-state index in [2.05, 4.69) is 140 Å². The maximum atomic E-state index is 10.3. The molecule has 0 saturated heterocycles. The zero-order chi connectivity index (χ0) is 47.8. The van der Waals surface area contributed by atoms with Gasteiger partial charge in [0, 0.05) is 32.9 Å². The van der Waals surface area contributed by atoms with Crippen LogP contribution in [-0.2, 0) is 0 Å². The second-order valence-corrected chi connectivity index (χ2v) is 20.7. The van der Waals surface area contributed by atoms with Gasteiger partial charge in [0.15, 0.2) is 8.07 Å². The summed E-state index contributed by atoms with van der Waals surface area (Å²) in [4.78, 5) is 0. The van der Waals surface area contributed by atoms with Crippen LogP contribution >= 0.6 is 0 Å². The molecule has 0 atom stereocenters. The van der Waals surface area contributed by atoms with Gasteiger partial charge in [0.05, 0.1) is 31.7 Å². The highest BCUT2D eigenvalue weighted by Crippen LogP contribution is 2.42. The fourth-order valence-corrected chi connectivity index (χ4v) is 15.4. The van der Waals surface area contributed by atoms with Gasteiger partial charge in [-0.15, -0.1) is 0 Å². The summed E-state index contributed by atoms with van der Waals surface area (Å²) in [5, 5.41) is 7.37. The molecule has 12 rings (SSSR count). The first-order valence-electron chi connectivity index (χ1n) is 25.6. The molecule has 0 aliphatic heterocycles. The number of nitrogens with zero attached hydrogens (tertiary/aromatic N) is 2. The third kappa shape index (κ3) is 6.13. The van der Waals surface area contributed by atoms with Crippen LogP contribution in [0.25, 0.3) is 66.1 Å². The van der Waals surface area contributed by atoms with Gasteiger partial charge < -0.3 is 9.13 Å². The van der Waals surface area contributed by atoms with E-state index in [0.29, 0.717) is 11.6 Å². The third-order valence-electron chi connectivity index (χ3n) is 13.5. The minimum atomic E-state index is -2.79. The zero-order valence-electron chi connectivity index (χ0n) is 41.8. The molecule has 0 N–H and O–H groups in total. The van der Waals surface area contributed by atoms with Crippen LogP contribution in [0.4, 0.5) is 0 Å². The molecule has 11 aromatic rings. The molecule has 1 fully saturated rings. The lowest BCUT2D eigenvalue weighted by Crippen LogP contribution is -2.74. The monoisotopic (exact) mass is 831 g/mol. The fourth-order valence-electron chi connectivity index (χ4n) is 10.7. The number of para-hydroxylation sites is 3. The molecule has 1 aliphatic carbocycles. The molecule has 63 heavy (non-hydrogen) atoms. The van der Waals surface area contributed by atoms with E-state index < -0.39 is 20.2 Å². The van der Waals surface area contributed by atoms with E-state index in [1.54, 1.807) is 4.57 Å². The molecule has 3 heteroatoms. The fraction of sp³-hybridized carbons (Fsp3) is 0.100. The molecular formula is C60H48N2Si. The number of rotatable bonds is 8. The molecule has 1 saturated carbocycles. The highest BCUT2D eigenvalue weighted by Gasteiger charge is 2.41. The van der Waals surface area contributed by atoms with Crippen LogP contribution in [0, 0.1) is 0 Å². The van der Waals surface area contributed by atoms with E-state index in [9.17, 15) is 6.85 Å². The first-order valence-corrected chi connectivity index (χ1v) is 24.1. The Hall–Kier alpha value is -7.20. The first kappa shape index (κ1) is 30.8. The zero-order valence-corrected chi connectivity index (χ0v) is 35.8. The SMILES string of the molecule is [2H]c1c([2H])c([2H])c2c(c1[2H])c1c([2H])c([2H])c(-n3c4ccccc4c4cccc(C5CCCCC5)c43)c([2H])c1n2-c1cccc(-c2ccc([Si](c3ccccc3)(c3ccccc3)c3ccccc3)cc2)c1. The Balaban J connectivity index is 1.10. The number of aromatic nitrogens is 2. The predicted octanol–water partition coefficient (Wildman–Crippen LogP) is 13.0. The maximum absolute atomic E-state index is 10.3. The Bertz CT molecular complexity index is 3730. The third-order valence-corrected chi connectivity index (χ3v) is 18.3. The van der Waals surface area contributed by atoms with Crippen molar-refractivity contribution in [3.63, 3.8) is 0 Å². The molecular weight excluding hydrogens is 777 g/mol. The maximum Gasteiger partial charge on any atom is 0.179 e. The van der Waals surface area contributed by atoms with Crippen molar-refractivity contribution in [3.05, 3.63) is 230 Å². The largest absolute Gasteiger partial charge is 0.309 e. The molecule has 0 bridgehead atoms. The molecule has 2 nitrogen and oxygen atoms in total. The normalized spacial score (nSPS) is 15.2. The number of fused-ring (bicyclic) bond motifs is 6. The number of hydrogen-bond donors (Lipinski definition) is 0. The van der Waals surface area contributed by atoms with E-state index in [0.717, 1.165) is 58.6 Å². The van der Waals surface area contributed by atoms with Crippen molar-refractivity contribution >= 4 is 72.4 Å². The molecule has 9 aromatic carbocycles. The summed E-state index contributed by atoms with van der Waals surface area (Å²) in [5.74, 6) is 0.308. The van der Waals surface area contributed by atoms with Crippen LogP contribution in [0.5, 0.6) is 0 Å². The van der Waals surface area contributed by atoms with Gasteiger partial charge >= 0.3 is 0 Å². The van der Waals surface area contributed by atoms with E-state index in [-0.39, 0.29) is 57.7 Å². The molecule has 1 aliphatic rings. The number of benzene rings is 9. The van der Waals surface area contributed by atoms with Crippen LogP contribution in [0.3, 0.4) is 0 Å². The first-order chi connectivity index (χ1) is 34.2. The van der Waals surface area contributed by atoms with Crippen molar-refractivity contribution in [1.29, 1.82) is 0 Å². The Kier molecular flexibility index (Phi) is 7.62. The molecule has 0 amide bonds. The van der Waals surface area contributed by atoms with Gasteiger partial charge in [0.2, 0.25) is 0 Å². The van der Waals surface area contributed by atoms with Gasteiger partial charge in [-0.2, -0.15) is 0 Å². The average molecular weight is 832 g/mol. The standard InChI is InChI=1S/C60H48N2Si/c1-5-19-44(20-6-1)52-31-18-32-56-54-30-14-16-34-58(54)62(60(52)56)47-37-40-55-53-29-13-15-33-57(53)61(59(55)42-47)46-22-17-21-45(41-46)43-35-38-51(39-36-43)63(48-23-7-2-8-24-48,49-25-9-3-10-26-49)50-27-11-4-12-28-50/h2-4,7-18,21-42,44H,1,5-6,19-20H2/i13D,15D,29D,33D,37D,40D,42D. The van der Waals surface area contributed by atoms with E-state index in [4.69, 9.17) is 2.74 Å². The Morgan fingerprint density at radius 1 is 0.413 bits per heavy atom. The summed E-state index contributed by atoms with van der Waals surface area (Å²) < 4.78 is 70.2. The lowest BCUT2D eigenvalue weighted by atomic mass is 9.83. The Labute approximate surface area is 380 Å². The molecule has 0 unspecified atom stereocenters. The van der Waals surface area contributed by atoms with E-state index in [1.807, 2.05) is 47.0 Å². The second kappa shape index (κ2) is 15.6. The molecule has 2 aromatic heterocycles. The van der Waals surface area contributed by atoms with Crippen LogP contribution in [0.2, 0.25) is 0 Å². The Morgan fingerprint density at radius 2 is 1.02 bits per heavy atom. The smallest absolute Gasteiger partial charge is 0.179 e. The van der Waals surface area contributed by atoms with Crippen molar-refractivity contribution < 1.29 is 9.60 Å². The van der Waals surface area contributed by atoms with Crippen molar-refractivity contribution in [2.75, 3.05) is 0 Å². The summed E-state index contributed by atoms with van der Waals surface area (Å²) >= 11 is 0. The average Bonchev–Trinajstić information content (AvgIpc) is 3.95. The van der Waals surface area contributed by atoms with Gasteiger partial charge in [-0.05, 0) is 92.5 Å². The molecule has 2 heterocycles. The minimum Gasteiger partial charge on any atom is -0.309 e. The van der Waals surface area contributed by atoms with Gasteiger partial charge in [0.1, 0.15) is 0 Å². The minimum absolute atomic E-state index is 0.0241. The predicted molar refractivity (Wildman–Crippen MR) is 270 cm³/mol. The van der Waals surface area contributed by atoms with Crippen LogP contribution in [0.1, 0.15) is 53.2 Å². The summed E-state index contributed by atoms with van der Waals surface area (Å²) in [6, 6.07) is 61.8. The summed E-state index contributed by atoms with van der Waals surface area (Å²) in [6.07, 6.45) is 5.59. The highest BCUT2D eigenvalue weighted by atomic mass is 28.3. The van der Waals surface area contributed by atoms with E-state index >= 15 is 0 Å². The van der Waals surface area contributed by atoms with Gasteiger partial charge in [0.25, 0.3) is 0 Å². The molecule has 0 radical (unpaired) electrons. The lowest BCUT2D eigenvalue weighted by molar-refractivity contribution is 0.445. The van der Waals surface area contributed by atoms with Crippen molar-refractivity contribution in [1.82, 2.24) is 9.13 Å². The second-order valence-electron chi connectivity index (χ2n) is 16.9. The van der Waals surface area contributed by atoms with Crippen molar-refractivity contribution in [2.24, 2.45) is 0 Å². The van der Waals surface area contributed by atoms with Gasteiger partial charge in [-0.1, -0.05) is 207 Å². The highest BCUT2D eigenvalue weighted by molar-refractivity contribution is 7.19. The van der Waals surface area contributed by atoms with Crippen LogP contribution in [-0.4, -0.2) is 17.2 Å². The van der Waals surface area contributed by atoms with E-state index in [1.165, 1.54) is 32.7 Å². The quantitative estimate of drug-likeness (QED) is 0.107. The van der Waals surface area contributed by atoms with Gasteiger partial charge in [-0.3, -0.25) is 0 Å². The molecule has 302 valence electrons. The van der Waals surface area contributed by atoms with Crippen LogP contribution < -0.4 is 20.7 Å². The number of hydrogen-bond acceptors (Lipinski definition) is 0.